The second-order valence-corrected chi connectivity index (χ2v) is 4.67. The van der Waals surface area contributed by atoms with E-state index in [2.05, 4.69) is 21.0 Å². The van der Waals surface area contributed by atoms with Crippen LogP contribution < -0.4 is 0 Å². The lowest BCUT2D eigenvalue weighted by Crippen LogP contribution is -2.19. The first-order valence-corrected chi connectivity index (χ1v) is 5.72. The Morgan fingerprint density at radius 1 is 1.17 bits per heavy atom. The van der Waals surface area contributed by atoms with Gasteiger partial charge in [0.2, 0.25) is 0 Å². The third-order valence-corrected chi connectivity index (χ3v) is 2.62. The Labute approximate surface area is 106 Å². The minimum Gasteiger partial charge on any atom is -0.255 e. The van der Waals surface area contributed by atoms with Crippen molar-refractivity contribution in [2.45, 2.75) is 26.2 Å². The molecule has 0 aliphatic rings. The maximum atomic E-state index is 9.15. The molecule has 18 heavy (non-hydrogen) atoms. The monoisotopic (exact) mass is 238 g/mol. The average Bonchev–Trinajstić information content (AvgIpc) is 2.39. The van der Waals surface area contributed by atoms with Gasteiger partial charge >= 0.3 is 0 Å². The van der Waals surface area contributed by atoms with Gasteiger partial charge in [-0.1, -0.05) is 6.07 Å². The molecule has 2 aromatic rings. The van der Waals surface area contributed by atoms with Crippen LogP contribution in [0.25, 0.3) is 11.4 Å². The Hall–Kier alpha value is -2.28. The molecule has 90 valence electrons. The minimum atomic E-state index is -0.699. The molecule has 0 aliphatic heterocycles. The van der Waals surface area contributed by atoms with Crippen molar-refractivity contribution in [1.29, 1.82) is 5.26 Å². The lowest BCUT2D eigenvalue weighted by atomic mass is 9.94. The van der Waals surface area contributed by atoms with Gasteiger partial charge in [-0.2, -0.15) is 5.26 Å². The molecule has 0 bridgehead atoms. The zero-order chi connectivity index (χ0) is 13.2. The number of hydrogen-bond donors (Lipinski definition) is 0. The predicted molar refractivity (Wildman–Crippen MR) is 68.6 cm³/mol. The first-order chi connectivity index (χ1) is 8.53. The third-order valence-electron chi connectivity index (χ3n) is 2.62. The summed E-state index contributed by atoms with van der Waals surface area (Å²) in [6.07, 6.45) is 1.72. The zero-order valence-corrected chi connectivity index (χ0v) is 10.7. The van der Waals surface area contributed by atoms with E-state index in [9.17, 15) is 0 Å². The normalized spacial score (nSPS) is 11.0. The summed E-state index contributed by atoms with van der Waals surface area (Å²) in [6, 6.07) is 9.76. The molecule has 0 atom stereocenters. The van der Waals surface area contributed by atoms with E-state index in [0.717, 1.165) is 17.1 Å². The van der Waals surface area contributed by atoms with E-state index in [1.165, 1.54) is 0 Å². The number of aryl methyl sites for hydroxylation is 1. The van der Waals surface area contributed by atoms with Gasteiger partial charge in [-0.25, -0.2) is 9.97 Å². The molecule has 2 aromatic heterocycles. The first-order valence-electron chi connectivity index (χ1n) is 5.72. The van der Waals surface area contributed by atoms with Crippen LogP contribution in [0, 0.1) is 18.3 Å². The van der Waals surface area contributed by atoms with Gasteiger partial charge in [-0.3, -0.25) is 4.98 Å². The Bertz CT molecular complexity index is 597. The lowest BCUT2D eigenvalue weighted by Gasteiger charge is -2.15. The van der Waals surface area contributed by atoms with E-state index in [1.54, 1.807) is 6.20 Å². The molecule has 4 nitrogen and oxygen atoms in total. The van der Waals surface area contributed by atoms with E-state index < -0.39 is 5.41 Å². The number of nitrogens with zero attached hydrogens (tertiary/aromatic N) is 4. The highest BCUT2D eigenvalue weighted by Gasteiger charge is 2.24. The standard InChI is InChI=1S/C14H14N4/c1-10-8-12(11-6-4-5-7-16-11)18-13(17-10)14(2,3)9-15/h4-8H,1-3H3. The SMILES string of the molecule is Cc1cc(-c2ccccn2)nc(C(C)(C)C#N)n1. The van der Waals surface area contributed by atoms with Gasteiger partial charge < -0.3 is 0 Å². The Morgan fingerprint density at radius 2 is 1.94 bits per heavy atom. The van der Waals surface area contributed by atoms with Crippen LogP contribution in [-0.4, -0.2) is 15.0 Å². The maximum Gasteiger partial charge on any atom is 0.148 e. The molecular formula is C14H14N4. The molecule has 0 aliphatic carbocycles. The summed E-state index contributed by atoms with van der Waals surface area (Å²) in [5, 5.41) is 9.15. The summed E-state index contributed by atoms with van der Waals surface area (Å²) >= 11 is 0. The highest BCUT2D eigenvalue weighted by Crippen LogP contribution is 2.22. The van der Waals surface area contributed by atoms with Crippen molar-refractivity contribution in [2.75, 3.05) is 0 Å². The van der Waals surface area contributed by atoms with Gasteiger partial charge in [0.05, 0.1) is 17.5 Å². The molecule has 2 heterocycles. The van der Waals surface area contributed by atoms with Crippen LogP contribution in [0.15, 0.2) is 30.5 Å². The molecule has 0 saturated heterocycles. The van der Waals surface area contributed by atoms with Gasteiger partial charge in [0.25, 0.3) is 0 Å². The molecule has 2 rings (SSSR count). The fourth-order valence-electron chi connectivity index (χ4n) is 1.54. The van der Waals surface area contributed by atoms with Gasteiger partial charge in [-0.15, -0.1) is 0 Å². The van der Waals surface area contributed by atoms with E-state index in [-0.39, 0.29) is 0 Å². The Balaban J connectivity index is 2.56. The Morgan fingerprint density at radius 3 is 2.56 bits per heavy atom. The van der Waals surface area contributed by atoms with Crippen molar-refractivity contribution in [3.63, 3.8) is 0 Å². The largest absolute Gasteiger partial charge is 0.255 e. The topological polar surface area (TPSA) is 62.5 Å². The van der Waals surface area contributed by atoms with Crippen molar-refractivity contribution >= 4 is 0 Å². The molecular weight excluding hydrogens is 224 g/mol. The molecule has 0 radical (unpaired) electrons. The van der Waals surface area contributed by atoms with Crippen LogP contribution in [0.4, 0.5) is 0 Å². The Kier molecular flexibility index (Phi) is 3.07. The van der Waals surface area contributed by atoms with Gasteiger partial charge in [-0.05, 0) is 39.0 Å². The lowest BCUT2D eigenvalue weighted by molar-refractivity contribution is 0.626. The van der Waals surface area contributed by atoms with Gasteiger partial charge in [0, 0.05) is 11.9 Å². The molecule has 0 spiro atoms. The number of pyridine rings is 1. The van der Waals surface area contributed by atoms with Crippen LogP contribution in [0.5, 0.6) is 0 Å². The number of hydrogen-bond acceptors (Lipinski definition) is 4. The van der Waals surface area contributed by atoms with Gasteiger partial charge in [0.1, 0.15) is 11.2 Å². The van der Waals surface area contributed by atoms with E-state index in [4.69, 9.17) is 5.26 Å². The van der Waals surface area contributed by atoms with Crippen LogP contribution in [0.3, 0.4) is 0 Å². The zero-order valence-electron chi connectivity index (χ0n) is 10.7. The fourth-order valence-corrected chi connectivity index (χ4v) is 1.54. The molecule has 0 unspecified atom stereocenters. The highest BCUT2D eigenvalue weighted by atomic mass is 14.9. The van der Waals surface area contributed by atoms with Crippen LogP contribution >= 0.6 is 0 Å². The quantitative estimate of drug-likeness (QED) is 0.806. The molecule has 0 N–H and O–H groups in total. The van der Waals surface area contributed by atoms with Gasteiger partial charge in [0.15, 0.2) is 0 Å². The summed E-state index contributed by atoms with van der Waals surface area (Å²) in [4.78, 5) is 13.1. The molecule has 0 amide bonds. The maximum absolute atomic E-state index is 9.15. The van der Waals surface area contributed by atoms with E-state index in [1.807, 2.05) is 45.0 Å². The van der Waals surface area contributed by atoms with Crippen molar-refractivity contribution in [1.82, 2.24) is 15.0 Å². The summed E-state index contributed by atoms with van der Waals surface area (Å²) in [6.45, 7) is 5.51. The molecule has 0 aromatic carbocycles. The fraction of sp³-hybridized carbons (Fsp3) is 0.286. The minimum absolute atomic E-state index is 0.533. The second kappa shape index (κ2) is 4.53. The molecule has 0 saturated carbocycles. The van der Waals surface area contributed by atoms with E-state index >= 15 is 0 Å². The molecule has 4 heteroatoms. The summed E-state index contributed by atoms with van der Waals surface area (Å²) in [7, 11) is 0. The summed E-state index contributed by atoms with van der Waals surface area (Å²) in [5.41, 5.74) is 1.68. The second-order valence-electron chi connectivity index (χ2n) is 4.67. The number of nitriles is 1. The van der Waals surface area contributed by atoms with Crippen molar-refractivity contribution in [2.24, 2.45) is 0 Å². The van der Waals surface area contributed by atoms with Crippen LogP contribution in [0.2, 0.25) is 0 Å². The predicted octanol–water partition coefficient (Wildman–Crippen LogP) is 2.65. The third kappa shape index (κ3) is 2.35. The molecule has 0 fully saturated rings. The van der Waals surface area contributed by atoms with Crippen LogP contribution in [-0.2, 0) is 5.41 Å². The summed E-state index contributed by atoms with van der Waals surface area (Å²) < 4.78 is 0. The summed E-state index contributed by atoms with van der Waals surface area (Å²) in [5.74, 6) is 0.533. The first kappa shape index (κ1) is 12.2. The number of aromatic nitrogens is 3. The van der Waals surface area contributed by atoms with E-state index in [0.29, 0.717) is 5.82 Å². The van der Waals surface area contributed by atoms with Crippen molar-refractivity contribution in [3.05, 3.63) is 42.0 Å². The van der Waals surface area contributed by atoms with Crippen molar-refractivity contribution in [3.8, 4) is 17.5 Å². The highest BCUT2D eigenvalue weighted by molar-refractivity contribution is 5.54. The number of rotatable bonds is 2. The van der Waals surface area contributed by atoms with Crippen LogP contribution in [0.1, 0.15) is 25.4 Å². The average molecular weight is 238 g/mol. The smallest absolute Gasteiger partial charge is 0.148 e. The van der Waals surface area contributed by atoms with Crippen molar-refractivity contribution < 1.29 is 0 Å².